The molecule has 33 heavy (non-hydrogen) atoms. The van der Waals surface area contributed by atoms with Crippen LogP contribution in [0.4, 0.5) is 0 Å². The van der Waals surface area contributed by atoms with Gasteiger partial charge in [0.05, 0.1) is 17.7 Å². The number of aromatic nitrogens is 2. The molecule has 1 aliphatic heterocycles. The number of carbonyl (C=O) groups is 2. The van der Waals surface area contributed by atoms with Gasteiger partial charge in [0.1, 0.15) is 5.69 Å². The predicted octanol–water partition coefficient (Wildman–Crippen LogP) is 4.58. The van der Waals surface area contributed by atoms with Crippen molar-refractivity contribution < 1.29 is 14.7 Å². The first-order valence-corrected chi connectivity index (χ1v) is 11.9. The van der Waals surface area contributed by atoms with Crippen molar-refractivity contribution in [3.8, 4) is 6.07 Å². The standard InChI is InChI=1S/C14H15N3O.C12H23NO2/c1-11(18)14-12-7-3-4-8-13(12)17(16-14)10-6-2-5-9-15;1-9(12(2,3)4)11(15)13-7-5-10(14)6-8-13/h3-4,7-8H,2,5-6,10H2,1H3;9-10,14H,5-8H2,1-4H3. The van der Waals surface area contributed by atoms with Crippen LogP contribution in [0.5, 0.6) is 0 Å². The molecule has 1 aromatic carbocycles. The number of nitriles is 1. The summed E-state index contributed by atoms with van der Waals surface area (Å²) >= 11 is 0. The van der Waals surface area contributed by atoms with E-state index in [1.165, 1.54) is 6.92 Å². The number of fused-ring (bicyclic) bond motifs is 1. The van der Waals surface area contributed by atoms with E-state index >= 15 is 0 Å². The summed E-state index contributed by atoms with van der Waals surface area (Å²) < 4.78 is 1.86. The average Bonchev–Trinajstić information content (AvgIpc) is 3.15. The molecule has 1 N–H and O–H groups in total. The van der Waals surface area contributed by atoms with Gasteiger partial charge in [-0.25, -0.2) is 0 Å². The lowest BCUT2D eigenvalue weighted by molar-refractivity contribution is -0.140. The number of piperidine rings is 1. The minimum absolute atomic E-state index is 0.0121. The molecule has 0 saturated carbocycles. The Morgan fingerprint density at radius 3 is 2.42 bits per heavy atom. The predicted molar refractivity (Wildman–Crippen MR) is 130 cm³/mol. The molecule has 1 aromatic heterocycles. The zero-order valence-corrected chi connectivity index (χ0v) is 20.7. The van der Waals surface area contributed by atoms with Gasteiger partial charge in [-0.3, -0.25) is 14.3 Å². The van der Waals surface area contributed by atoms with E-state index in [9.17, 15) is 14.7 Å². The number of para-hydroxylation sites is 1. The lowest BCUT2D eigenvalue weighted by Gasteiger charge is -2.35. The Balaban J connectivity index is 0.000000238. The third-order valence-corrected chi connectivity index (χ3v) is 6.35. The Bertz CT molecular complexity index is 976. The van der Waals surface area contributed by atoms with Crippen LogP contribution in [0.15, 0.2) is 24.3 Å². The quantitative estimate of drug-likeness (QED) is 0.508. The van der Waals surface area contributed by atoms with Gasteiger partial charge in [0.2, 0.25) is 5.91 Å². The largest absolute Gasteiger partial charge is 0.393 e. The minimum Gasteiger partial charge on any atom is -0.393 e. The Morgan fingerprint density at radius 2 is 1.85 bits per heavy atom. The van der Waals surface area contributed by atoms with Crippen molar-refractivity contribution in [2.24, 2.45) is 11.3 Å². The summed E-state index contributed by atoms with van der Waals surface area (Å²) in [6.45, 7) is 12.0. The number of hydrogen-bond acceptors (Lipinski definition) is 5. The third-order valence-electron chi connectivity index (χ3n) is 6.35. The Labute approximate surface area is 197 Å². The minimum atomic E-state index is -0.209. The molecule has 2 heterocycles. The number of aliphatic hydroxyl groups excluding tert-OH is 1. The summed E-state index contributed by atoms with van der Waals surface area (Å²) in [5.74, 6) is 0.268. The maximum atomic E-state index is 12.1. The number of Topliss-reactive ketones (excluding diaryl/α,β-unsaturated/α-hetero) is 1. The van der Waals surface area contributed by atoms with Crippen LogP contribution in [0.2, 0.25) is 0 Å². The smallest absolute Gasteiger partial charge is 0.225 e. The van der Waals surface area contributed by atoms with E-state index in [0.29, 0.717) is 25.2 Å². The summed E-state index contributed by atoms with van der Waals surface area (Å²) in [4.78, 5) is 25.5. The second-order valence-electron chi connectivity index (χ2n) is 9.90. The summed E-state index contributed by atoms with van der Waals surface area (Å²) in [5.41, 5.74) is 1.54. The molecule has 1 fully saturated rings. The van der Waals surface area contributed by atoms with Gasteiger partial charge >= 0.3 is 0 Å². The van der Waals surface area contributed by atoms with Crippen LogP contribution in [-0.4, -0.2) is 50.7 Å². The first-order chi connectivity index (χ1) is 15.6. The molecule has 3 rings (SSSR count). The van der Waals surface area contributed by atoms with Crippen LogP contribution in [0.1, 0.15) is 77.2 Å². The number of amides is 1. The highest BCUT2D eigenvalue weighted by Gasteiger charge is 2.31. The number of ketones is 1. The maximum absolute atomic E-state index is 12.1. The van der Waals surface area contributed by atoms with Crippen molar-refractivity contribution in [1.82, 2.24) is 14.7 Å². The number of aliphatic hydroxyl groups is 1. The molecule has 7 nitrogen and oxygen atoms in total. The summed E-state index contributed by atoms with van der Waals surface area (Å²) in [6, 6.07) is 9.88. The molecule has 2 aromatic rings. The fraction of sp³-hybridized carbons (Fsp3) is 0.615. The zero-order chi connectivity index (χ0) is 24.6. The molecular formula is C26H38N4O3. The van der Waals surface area contributed by atoms with Crippen LogP contribution in [0, 0.1) is 22.7 Å². The summed E-state index contributed by atoms with van der Waals surface area (Å²) in [6.07, 6.45) is 3.57. The highest BCUT2D eigenvalue weighted by molar-refractivity contribution is 6.04. The van der Waals surface area contributed by atoms with Gasteiger partial charge in [0, 0.05) is 44.3 Å². The second kappa shape index (κ2) is 11.9. The Kier molecular flexibility index (Phi) is 9.60. The maximum Gasteiger partial charge on any atom is 0.225 e. The molecule has 1 amide bonds. The molecule has 7 heteroatoms. The second-order valence-corrected chi connectivity index (χ2v) is 9.90. The molecule has 180 valence electrons. The van der Waals surface area contributed by atoms with E-state index in [1.807, 2.05) is 40.8 Å². The number of nitrogens with zero attached hydrogens (tertiary/aromatic N) is 4. The number of rotatable bonds is 6. The van der Waals surface area contributed by atoms with Crippen molar-refractivity contribution in [2.45, 2.75) is 79.4 Å². The number of carbonyl (C=O) groups excluding carboxylic acids is 2. The molecule has 0 bridgehead atoms. The summed E-state index contributed by atoms with van der Waals surface area (Å²) in [7, 11) is 0. The van der Waals surface area contributed by atoms with Gasteiger partial charge in [0.15, 0.2) is 5.78 Å². The van der Waals surface area contributed by atoms with Gasteiger partial charge < -0.3 is 10.0 Å². The van der Waals surface area contributed by atoms with Crippen LogP contribution in [-0.2, 0) is 11.3 Å². The third kappa shape index (κ3) is 7.40. The van der Waals surface area contributed by atoms with Crippen molar-refractivity contribution in [3.05, 3.63) is 30.0 Å². The topological polar surface area (TPSA) is 99.2 Å². The molecule has 1 unspecified atom stereocenters. The fourth-order valence-electron chi connectivity index (χ4n) is 3.75. The molecule has 0 spiro atoms. The van der Waals surface area contributed by atoms with E-state index < -0.39 is 0 Å². The van der Waals surface area contributed by atoms with Gasteiger partial charge in [0.25, 0.3) is 0 Å². The van der Waals surface area contributed by atoms with E-state index in [0.717, 1.165) is 43.1 Å². The van der Waals surface area contributed by atoms with Crippen LogP contribution in [0.3, 0.4) is 0 Å². The van der Waals surface area contributed by atoms with Crippen molar-refractivity contribution >= 4 is 22.6 Å². The Hall–Kier alpha value is -2.72. The highest BCUT2D eigenvalue weighted by Crippen LogP contribution is 2.28. The van der Waals surface area contributed by atoms with E-state index in [-0.39, 0.29) is 29.1 Å². The van der Waals surface area contributed by atoms with Gasteiger partial charge in [-0.05, 0) is 37.2 Å². The molecule has 1 aliphatic rings. The number of likely N-dealkylation sites (tertiary alicyclic amines) is 1. The van der Waals surface area contributed by atoms with Crippen LogP contribution >= 0.6 is 0 Å². The Morgan fingerprint density at radius 1 is 1.21 bits per heavy atom. The number of hydrogen-bond donors (Lipinski definition) is 1. The zero-order valence-electron chi connectivity index (χ0n) is 20.7. The van der Waals surface area contributed by atoms with Crippen LogP contribution < -0.4 is 0 Å². The lowest BCUT2D eigenvalue weighted by Crippen LogP contribution is -2.45. The monoisotopic (exact) mass is 454 g/mol. The molecule has 1 saturated heterocycles. The first-order valence-electron chi connectivity index (χ1n) is 11.9. The molecule has 0 radical (unpaired) electrons. The average molecular weight is 455 g/mol. The lowest BCUT2D eigenvalue weighted by atomic mass is 9.81. The summed E-state index contributed by atoms with van der Waals surface area (Å²) in [5, 5.41) is 23.1. The SMILES string of the molecule is CC(=O)c1nn(CCCCC#N)c2ccccc12.CC(C(=O)N1CCC(O)CC1)C(C)(C)C. The van der Waals surface area contributed by atoms with Gasteiger partial charge in [-0.15, -0.1) is 0 Å². The number of unbranched alkanes of at least 4 members (excludes halogenated alkanes) is 2. The van der Waals surface area contributed by atoms with Crippen molar-refractivity contribution in [3.63, 3.8) is 0 Å². The van der Waals surface area contributed by atoms with E-state index in [1.54, 1.807) is 0 Å². The van der Waals surface area contributed by atoms with Crippen molar-refractivity contribution in [1.29, 1.82) is 5.26 Å². The van der Waals surface area contributed by atoms with E-state index in [4.69, 9.17) is 5.26 Å². The van der Waals surface area contributed by atoms with Crippen LogP contribution in [0.25, 0.3) is 10.9 Å². The van der Waals surface area contributed by atoms with E-state index in [2.05, 4.69) is 31.9 Å². The van der Waals surface area contributed by atoms with Crippen molar-refractivity contribution in [2.75, 3.05) is 13.1 Å². The fourth-order valence-corrected chi connectivity index (χ4v) is 3.75. The molecule has 0 aliphatic carbocycles. The highest BCUT2D eigenvalue weighted by atomic mass is 16.3. The number of aryl methyl sites for hydroxylation is 1. The molecule has 1 atom stereocenters. The number of benzene rings is 1. The normalized spacial score (nSPS) is 15.5. The van der Waals surface area contributed by atoms with Gasteiger partial charge in [-0.1, -0.05) is 45.9 Å². The molecular weight excluding hydrogens is 416 g/mol. The first kappa shape index (κ1) is 26.5. The van der Waals surface area contributed by atoms with Gasteiger partial charge in [-0.2, -0.15) is 10.4 Å².